The van der Waals surface area contributed by atoms with Crippen molar-refractivity contribution < 1.29 is 47.4 Å². The van der Waals surface area contributed by atoms with Crippen molar-refractivity contribution in [2.45, 2.75) is 30.4 Å². The van der Waals surface area contributed by atoms with Crippen molar-refractivity contribution in [3.8, 4) is 5.75 Å². The highest BCUT2D eigenvalue weighted by Gasteiger charge is 2.65. The van der Waals surface area contributed by atoms with Crippen LogP contribution in [-0.4, -0.2) is 67.0 Å². The molecule has 0 bridgehead atoms. The molecule has 5 atom stereocenters. The van der Waals surface area contributed by atoms with E-state index < -0.39 is 73.4 Å². The number of rotatable bonds is 6. The lowest BCUT2D eigenvalue weighted by atomic mass is 10.0. The lowest BCUT2D eigenvalue weighted by Gasteiger charge is -2.32. The number of phosphoric acid groups is 1. The molecule has 2 aliphatic heterocycles. The van der Waals surface area contributed by atoms with Gasteiger partial charge in [-0.3, -0.25) is 28.2 Å². The molecule has 15 nitrogen and oxygen atoms in total. The van der Waals surface area contributed by atoms with E-state index in [0.717, 1.165) is 10.8 Å². The normalized spacial score (nSPS) is 31.2. The van der Waals surface area contributed by atoms with Gasteiger partial charge in [-0.1, -0.05) is 18.2 Å². The maximum absolute atomic E-state index is 16.0. The summed E-state index contributed by atoms with van der Waals surface area (Å²) in [6, 6.07) is 6.45. The maximum atomic E-state index is 16.0. The zero-order valence-corrected chi connectivity index (χ0v) is 19.6. The molecule has 4 heterocycles. The third-order valence-corrected chi connectivity index (χ3v) is 7.41. The van der Waals surface area contributed by atoms with E-state index in [1.807, 2.05) is 0 Å². The molecule has 0 spiro atoms. The first kappa shape index (κ1) is 25.3. The van der Waals surface area contributed by atoms with Gasteiger partial charge in [0, 0.05) is 11.8 Å². The van der Waals surface area contributed by atoms with Crippen LogP contribution in [0, 0.1) is 0 Å². The average Bonchev–Trinajstić information content (AvgIpc) is 3.34. The number of alkyl halides is 1. The Bertz CT molecular complexity index is 1510. The maximum Gasteiger partial charge on any atom is 0.530 e. The van der Waals surface area contributed by atoms with Crippen LogP contribution in [0.4, 0.5) is 10.3 Å². The van der Waals surface area contributed by atoms with Crippen LogP contribution in [0.15, 0.2) is 35.3 Å². The fourth-order valence-electron chi connectivity index (χ4n) is 4.27. The molecular weight excluding hydrogens is 520 g/mol. The molecular formula is C20H21FN5O10P. The second-order valence-corrected chi connectivity index (χ2v) is 9.99. The van der Waals surface area contributed by atoms with E-state index in [1.54, 1.807) is 18.2 Å². The Morgan fingerprint density at radius 1 is 1.35 bits per heavy atom. The van der Waals surface area contributed by atoms with Gasteiger partial charge in [0.2, 0.25) is 11.7 Å². The molecule has 5 rings (SSSR count). The number of nitrogen functional groups attached to an aromatic ring is 1. The van der Waals surface area contributed by atoms with Gasteiger partial charge >= 0.3 is 7.82 Å². The van der Waals surface area contributed by atoms with Crippen LogP contribution in [0.25, 0.3) is 11.0 Å². The molecule has 2 aromatic heterocycles. The fraction of sp³-hybridized carbons (Fsp3) is 0.350. The predicted molar refractivity (Wildman–Crippen MR) is 121 cm³/mol. The van der Waals surface area contributed by atoms with Crippen LogP contribution in [0.5, 0.6) is 5.75 Å². The number of nitrogens with zero attached hydrogens (tertiary/aromatic N) is 2. The Labute approximate surface area is 205 Å². The molecule has 0 saturated carbocycles. The molecule has 198 valence electrons. The van der Waals surface area contributed by atoms with Crippen LogP contribution < -0.4 is 21.6 Å². The van der Waals surface area contributed by atoms with Gasteiger partial charge in [0.1, 0.15) is 24.6 Å². The van der Waals surface area contributed by atoms with E-state index in [4.69, 9.17) is 29.8 Å². The van der Waals surface area contributed by atoms with Crippen LogP contribution in [0.3, 0.4) is 0 Å². The third-order valence-electron chi connectivity index (χ3n) is 6.10. The van der Waals surface area contributed by atoms with E-state index in [1.165, 1.54) is 6.07 Å². The third kappa shape index (κ3) is 3.90. The molecule has 0 aliphatic carbocycles. The first-order chi connectivity index (χ1) is 17.4. The van der Waals surface area contributed by atoms with Crippen molar-refractivity contribution in [2.24, 2.45) is 5.73 Å². The number of aromatic nitrogens is 3. The summed E-state index contributed by atoms with van der Waals surface area (Å²) in [5.74, 6) is -4.65. The number of aromatic amines is 1. The first-order valence-corrected chi connectivity index (χ1v) is 12.1. The number of hydrogen-bond donors (Lipinski definition) is 6. The Kier molecular flexibility index (Phi) is 5.87. The predicted octanol–water partition coefficient (Wildman–Crippen LogP) is -0.798. The van der Waals surface area contributed by atoms with Gasteiger partial charge in [-0.05, 0) is 6.07 Å². The topological polar surface area (TPSA) is 234 Å². The van der Waals surface area contributed by atoms with Gasteiger partial charge in [-0.2, -0.15) is 4.98 Å². The van der Waals surface area contributed by atoms with Gasteiger partial charge < -0.3 is 36.0 Å². The lowest BCUT2D eigenvalue weighted by molar-refractivity contribution is -0.252. The van der Waals surface area contributed by atoms with Gasteiger partial charge in [0.25, 0.3) is 17.3 Å². The summed E-state index contributed by atoms with van der Waals surface area (Å²) in [4.78, 5) is 30.5. The van der Waals surface area contributed by atoms with Gasteiger partial charge in [0.05, 0.1) is 24.2 Å². The van der Waals surface area contributed by atoms with Crippen LogP contribution in [0.2, 0.25) is 0 Å². The number of H-pyrrole nitrogens is 1. The molecule has 0 radical (unpaired) electrons. The highest BCUT2D eigenvalue weighted by molar-refractivity contribution is 7.49. The Morgan fingerprint density at radius 2 is 2.08 bits per heavy atom. The van der Waals surface area contributed by atoms with E-state index in [9.17, 15) is 29.5 Å². The largest absolute Gasteiger partial charge is 0.530 e. The number of carbonyl (C=O) groups is 1. The Balaban J connectivity index is 1.51. The number of amides is 1. The standard InChI is InChI=1S/C20H21FN5O10P/c21-19(8-34-37(32)33-6-9-3-1-2-4-11(9)35-37)13(28)14(29)20(7-27,36-19)26-5-10(15(22)30)12-16(26)24-18(23)25-17(12)31/h1-5,13-14,27-29H,6-8H2,(H2,22,30)(H3,23,24,25,31)/t13-,14+,19+,20+,37?/m0/s1. The van der Waals surface area contributed by atoms with Gasteiger partial charge in [0.15, 0.2) is 5.65 Å². The van der Waals surface area contributed by atoms with Crippen molar-refractivity contribution in [1.29, 1.82) is 0 Å². The van der Waals surface area contributed by atoms with Crippen molar-refractivity contribution >= 4 is 30.7 Å². The number of nitrogens with one attached hydrogen (secondary N) is 1. The molecule has 17 heteroatoms. The molecule has 37 heavy (non-hydrogen) atoms. The minimum Gasteiger partial charge on any atom is -0.404 e. The first-order valence-electron chi connectivity index (χ1n) is 10.7. The Morgan fingerprint density at radius 3 is 2.78 bits per heavy atom. The number of aliphatic hydroxyl groups excluding tert-OH is 3. The fourth-order valence-corrected chi connectivity index (χ4v) is 5.50. The zero-order chi connectivity index (χ0) is 26.8. The number of aliphatic hydroxyl groups is 3. The van der Waals surface area contributed by atoms with E-state index in [-0.39, 0.29) is 17.7 Å². The summed E-state index contributed by atoms with van der Waals surface area (Å²) in [6.07, 6.45) is -3.75. The second kappa shape index (κ2) is 8.59. The lowest BCUT2D eigenvalue weighted by Crippen LogP contribution is -2.48. The smallest absolute Gasteiger partial charge is 0.404 e. The minimum absolute atomic E-state index is 0.174. The van der Waals surface area contributed by atoms with E-state index in [0.29, 0.717) is 5.56 Å². The van der Waals surface area contributed by atoms with Crippen LogP contribution in [0.1, 0.15) is 15.9 Å². The average molecular weight is 541 g/mol. The van der Waals surface area contributed by atoms with Crippen LogP contribution >= 0.6 is 7.82 Å². The van der Waals surface area contributed by atoms with Gasteiger partial charge in [-0.25, -0.2) is 8.96 Å². The molecule has 1 aromatic carbocycles. The number of phosphoric ester groups is 1. The molecule has 1 saturated heterocycles. The number of para-hydroxylation sites is 1. The van der Waals surface area contributed by atoms with Crippen molar-refractivity contribution in [2.75, 3.05) is 18.9 Å². The van der Waals surface area contributed by atoms with Gasteiger partial charge in [-0.15, -0.1) is 0 Å². The summed E-state index contributed by atoms with van der Waals surface area (Å²) >= 11 is 0. The SMILES string of the molecule is NC(=O)c1cn([C@]2(CO)O[C@](F)(COP3(=O)OCc4ccccc4O3)[C@@H](O)[C@H]2O)c2nc(N)[nH]c(=O)c12. The summed E-state index contributed by atoms with van der Waals surface area (Å²) in [5, 5.41) is 31.2. The summed E-state index contributed by atoms with van der Waals surface area (Å²) in [6.45, 7) is -2.66. The number of primary amides is 1. The zero-order valence-electron chi connectivity index (χ0n) is 18.7. The number of fused-ring (bicyclic) bond motifs is 2. The van der Waals surface area contributed by atoms with Crippen LogP contribution in [-0.2, 0) is 30.7 Å². The summed E-state index contributed by atoms with van der Waals surface area (Å²) < 4.78 is 50.4. The number of anilines is 1. The molecule has 1 fully saturated rings. The number of ether oxygens (including phenoxy) is 1. The van der Waals surface area contributed by atoms with E-state index >= 15 is 4.39 Å². The highest BCUT2D eigenvalue weighted by Crippen LogP contribution is 2.56. The molecule has 1 amide bonds. The highest BCUT2D eigenvalue weighted by atomic mass is 31.2. The monoisotopic (exact) mass is 541 g/mol. The molecule has 8 N–H and O–H groups in total. The van der Waals surface area contributed by atoms with Crippen molar-refractivity contribution in [3.63, 3.8) is 0 Å². The number of nitrogens with two attached hydrogens (primary N) is 2. The molecule has 3 aromatic rings. The second-order valence-electron chi connectivity index (χ2n) is 8.40. The molecule has 1 unspecified atom stereocenters. The van der Waals surface area contributed by atoms with Crippen molar-refractivity contribution in [3.05, 3.63) is 51.9 Å². The number of benzene rings is 1. The minimum atomic E-state index is -4.39. The summed E-state index contributed by atoms with van der Waals surface area (Å²) in [5.41, 5.74) is 7.21. The number of carbonyl (C=O) groups excluding carboxylic acids is 1. The number of hydrogen-bond acceptors (Lipinski definition) is 12. The van der Waals surface area contributed by atoms with Crippen molar-refractivity contribution in [1.82, 2.24) is 14.5 Å². The summed E-state index contributed by atoms with van der Waals surface area (Å²) in [7, 11) is -4.39. The Hall–Kier alpha value is -3.37. The molecule has 2 aliphatic rings. The quantitative estimate of drug-likeness (QED) is 0.211. The van der Waals surface area contributed by atoms with E-state index in [2.05, 4.69) is 9.97 Å². The number of halogens is 1.